The molecule has 754 valence electrons. The summed E-state index contributed by atoms with van der Waals surface area (Å²) in [7, 11) is 0. The van der Waals surface area contributed by atoms with Crippen molar-refractivity contribution in [1.82, 2.24) is 35.1 Å². The van der Waals surface area contributed by atoms with Gasteiger partial charge in [0.15, 0.2) is 11.6 Å². The molecule has 4 heterocycles. The van der Waals surface area contributed by atoms with Gasteiger partial charge in [-0.25, -0.2) is 19.2 Å². The molecule has 0 radical (unpaired) electrons. The first-order valence-corrected chi connectivity index (χ1v) is 48.3. The number of ketones is 2. The van der Waals surface area contributed by atoms with E-state index >= 15 is 0 Å². The van der Waals surface area contributed by atoms with Crippen LogP contribution < -0.4 is 29.5 Å². The number of hydrogen-bond donors (Lipinski definition) is 3. The van der Waals surface area contributed by atoms with E-state index in [1.54, 1.807) is 56.2 Å². The van der Waals surface area contributed by atoms with Gasteiger partial charge in [-0.05, 0) is 335 Å². The number of amides is 5. The van der Waals surface area contributed by atoms with Crippen LogP contribution >= 0.6 is 22.6 Å². The molecular formula is C113H169ILiN7O15. The minimum atomic E-state index is -1.23. The number of likely N-dealkylation sites (tertiary alicyclic amines) is 2. The maximum atomic E-state index is 12.8. The molecule has 137 heavy (non-hydrogen) atoms. The summed E-state index contributed by atoms with van der Waals surface area (Å²) in [6.45, 7) is 57.6. The van der Waals surface area contributed by atoms with E-state index in [9.17, 15) is 48.3 Å². The van der Waals surface area contributed by atoms with Crippen molar-refractivity contribution in [2.24, 2.45) is 17.8 Å². The molecule has 0 aliphatic carbocycles. The Balaban J connectivity index is 0.00000164. The minimum Gasteiger partial charge on any atom is -0.444 e. The third-order valence-corrected chi connectivity index (χ3v) is 23.3. The first-order valence-electron chi connectivity index (χ1n) is 47.2. The summed E-state index contributed by atoms with van der Waals surface area (Å²) >= 11 is 2.23. The van der Waals surface area contributed by atoms with Gasteiger partial charge in [-0.1, -0.05) is 192 Å². The topological polar surface area (TPSA) is 260 Å². The molecule has 4 aliphatic rings. The monoisotopic (exact) mass is 2000 g/mol. The Kier molecular flexibility index (Phi) is 58.2. The van der Waals surface area contributed by atoms with Crippen LogP contribution in [0.5, 0.6) is 0 Å². The van der Waals surface area contributed by atoms with Crippen molar-refractivity contribution in [3.63, 3.8) is 0 Å². The zero-order chi connectivity index (χ0) is 98.3. The van der Waals surface area contributed by atoms with Gasteiger partial charge in [0.1, 0.15) is 28.0 Å². The number of hydrogen-bond acceptors (Lipinski definition) is 17. The molecule has 7 aromatic rings. The van der Waals surface area contributed by atoms with Crippen LogP contribution in [0.15, 0.2) is 175 Å². The number of unbranched alkanes of at least 4 members (excludes halogenated alkanes) is 1. The number of nitrogens with zero attached hydrogens (tertiary/aromatic N) is 5. The van der Waals surface area contributed by atoms with Crippen LogP contribution in [-0.4, -0.2) is 197 Å². The average Bonchev–Trinajstić information content (AvgIpc) is 0.738. The number of Topliss-reactive ketones (excluding diaryl/α,β-unsaturated/α-hetero) is 2. The van der Waals surface area contributed by atoms with Gasteiger partial charge in [-0.3, -0.25) is 24.0 Å². The molecule has 24 heteroatoms. The van der Waals surface area contributed by atoms with Crippen LogP contribution in [0.3, 0.4) is 0 Å². The van der Waals surface area contributed by atoms with Crippen LogP contribution in [0.25, 0.3) is 5.57 Å². The van der Waals surface area contributed by atoms with Crippen molar-refractivity contribution in [2.75, 3.05) is 91.6 Å². The number of benzene rings is 7. The summed E-state index contributed by atoms with van der Waals surface area (Å²) in [5, 5.41) is 19.0. The Morgan fingerprint density at radius 1 is 0.380 bits per heavy atom. The number of rotatable bonds is 19. The van der Waals surface area contributed by atoms with E-state index < -0.39 is 40.3 Å². The molecule has 3 N–H and O–H groups in total. The quantitative estimate of drug-likeness (QED) is 0.0129. The van der Waals surface area contributed by atoms with E-state index in [1.807, 2.05) is 247 Å². The first-order chi connectivity index (χ1) is 62.2. The fraction of sp³-hybridized carbons (Fsp3) is 0.522. The number of piperidine rings is 4. The number of carbonyl (C=O) groups excluding carboxylic acids is 9. The number of ether oxygens (including phenoxy) is 5. The number of nitrogens with one attached hydrogen (secondary N) is 2. The van der Waals surface area contributed by atoms with Crippen LogP contribution in [0.4, 0.5) is 19.2 Å². The molecule has 0 spiro atoms. The predicted molar refractivity (Wildman–Crippen MR) is 566 cm³/mol. The van der Waals surface area contributed by atoms with Crippen LogP contribution in [0, 0.1) is 55.9 Å². The average molecular weight is 2000 g/mol. The summed E-state index contributed by atoms with van der Waals surface area (Å²) in [5.74, 6) is 0.861. The molecule has 5 amide bonds. The van der Waals surface area contributed by atoms with E-state index in [0.717, 1.165) is 133 Å². The number of carbonyl (C=O) groups is 9. The fourth-order valence-electron chi connectivity index (χ4n) is 15.1. The number of aliphatic hydroxyl groups is 1. The Hall–Kier alpha value is -9.48. The molecule has 1 unspecified atom stereocenters. The zero-order valence-electron chi connectivity index (χ0n) is 84.4. The van der Waals surface area contributed by atoms with Crippen molar-refractivity contribution in [3.8, 4) is 0 Å². The van der Waals surface area contributed by atoms with Crippen molar-refractivity contribution in [2.45, 2.75) is 281 Å². The van der Waals surface area contributed by atoms with E-state index in [0.29, 0.717) is 76.3 Å². The largest absolute Gasteiger partial charge is 1.00 e. The first kappa shape index (κ1) is 128. The van der Waals surface area contributed by atoms with Crippen LogP contribution in [0.2, 0.25) is 0 Å². The standard InChI is InChI=1S/C29H40N2O4.C24H30N2O.C18H25NO3.C13H17NO.C11H14INO.C10H18O5.C4H9.4CH4.Li/c1-7-30(8-2)26(32)22-11-15-24(16-12-22)29(34,23-13-9-21(3)10-14-23)25-17-19-31(20-18-25)27(33)35-28(4,5)6;1-4-26(5-2)24(27)22-12-10-20(11-13-22)23(21-14-16-25-17-15-21)19-8-6-18(3)7-9-19;1-13-5-7-14(8-6-13)16(20)15-9-11-19(12-10-15)17(21)22-18(2,3)4;1-10-2-4-11(5-3-10)13(15)12-6-8-14-9-7-12;1-3-13(4-2)11(14)9-5-7-10(12)8-6-9;1-9(2,3)14-7(11)13-8(12)15-10(4,5)6;1-3-4-2;;;;;/h9-16,25,34H,7-8,17-20H2,1-6H3;6-13,25H,4-5,14-17H2,1-3H3;5-8,15H,9-12H2,1-4H3;2-5,12,14H,6-9H2,1H3;5-8H,3-4H2,1-2H3;1-6H3;1,3-4H2,2H3;4*1H4;/q;;;;;;-1;;;;;+1. The van der Waals surface area contributed by atoms with Gasteiger partial charge in [-0.15, -0.1) is 0 Å². The molecule has 11 rings (SSSR count). The Labute approximate surface area is 850 Å². The third kappa shape index (κ3) is 43.8. The normalized spacial score (nSPS) is 14.1. The van der Waals surface area contributed by atoms with Crippen molar-refractivity contribution >= 4 is 81.9 Å². The summed E-state index contributed by atoms with van der Waals surface area (Å²) in [5.41, 5.74) is 11.8. The Morgan fingerprint density at radius 2 is 0.635 bits per heavy atom. The van der Waals surface area contributed by atoms with Gasteiger partial charge < -0.3 is 70.8 Å². The second kappa shape index (κ2) is 62.5. The van der Waals surface area contributed by atoms with Gasteiger partial charge in [-0.2, -0.15) is 6.42 Å². The predicted octanol–water partition coefficient (Wildman–Crippen LogP) is 22.8. The summed E-state index contributed by atoms with van der Waals surface area (Å²) in [6.07, 6.45) is 6.36. The summed E-state index contributed by atoms with van der Waals surface area (Å²) in [4.78, 5) is 117. The van der Waals surface area contributed by atoms with Crippen molar-refractivity contribution < 1.29 is 90.8 Å². The molecule has 4 saturated heterocycles. The summed E-state index contributed by atoms with van der Waals surface area (Å²) in [6, 6.07) is 55.6. The molecule has 7 aromatic carbocycles. The van der Waals surface area contributed by atoms with Crippen molar-refractivity contribution in [3.05, 3.63) is 258 Å². The molecule has 0 aromatic heterocycles. The second-order valence-electron chi connectivity index (χ2n) is 37.7. The third-order valence-electron chi connectivity index (χ3n) is 22.6. The summed E-state index contributed by atoms with van der Waals surface area (Å²) < 4.78 is 25.9. The Morgan fingerprint density at radius 3 is 0.942 bits per heavy atom. The maximum absolute atomic E-state index is 12.8. The molecular weight excluding hydrogens is 1830 g/mol. The SMILES string of the molecule is C.C.C.C.CC(C)(C)OC(=O)OC(=O)OC(C)(C)C.CCN(CC)C(=O)c1ccc(C(=C2CCNCC2)c2ccc(C)cc2)cc1.CCN(CC)C(=O)c1ccc(C(O)(c2ccc(C)cc2)C2CCN(C(=O)OC(C)(C)C)CC2)cc1.CCN(CC)C(=O)c1ccc(I)cc1.Cc1ccc(C(=O)C2CCN(C(=O)OC(C)(C)C)CC2)cc1.Cc1ccc(C(=O)C2CCNCC2)cc1.[CH2-]CCC.[Li+]. The van der Waals surface area contributed by atoms with Crippen molar-refractivity contribution in [1.29, 1.82) is 0 Å². The molecule has 1 atom stereocenters. The smallest absolute Gasteiger partial charge is 0.444 e. The Bertz CT molecular complexity index is 4720. The van der Waals surface area contributed by atoms with Gasteiger partial charge in [0, 0.05) is 109 Å². The van der Waals surface area contributed by atoms with E-state index in [2.05, 4.69) is 95.1 Å². The second-order valence-corrected chi connectivity index (χ2v) is 38.9. The van der Waals surface area contributed by atoms with E-state index in [1.165, 1.54) is 39.8 Å². The van der Waals surface area contributed by atoms with Crippen LogP contribution in [0.1, 0.15) is 322 Å². The molecule has 22 nitrogen and oxygen atoms in total. The van der Waals surface area contributed by atoms with Crippen LogP contribution in [-0.2, 0) is 29.3 Å². The minimum absolute atomic E-state index is 0. The van der Waals surface area contributed by atoms with Gasteiger partial charge >= 0.3 is 43.4 Å². The molecule has 0 saturated carbocycles. The van der Waals surface area contributed by atoms with E-state index in [-0.39, 0.29) is 102 Å². The molecule has 0 bridgehead atoms. The number of aryl methyl sites for hydroxylation is 4. The van der Waals surface area contributed by atoms with Gasteiger partial charge in [0.25, 0.3) is 17.7 Å². The zero-order valence-corrected chi connectivity index (χ0v) is 86.5. The van der Waals surface area contributed by atoms with Gasteiger partial charge in [0.2, 0.25) is 0 Å². The molecule has 4 aliphatic heterocycles. The number of halogens is 1. The maximum Gasteiger partial charge on any atom is 1.00 e. The van der Waals surface area contributed by atoms with E-state index in [4.69, 9.17) is 18.9 Å². The van der Waals surface area contributed by atoms with Gasteiger partial charge in [0.05, 0.1) is 0 Å². The fourth-order valence-corrected chi connectivity index (χ4v) is 15.5. The molecule has 4 fully saturated rings.